The number of aromatic nitrogens is 2. The van der Waals surface area contributed by atoms with E-state index in [1.54, 1.807) is 0 Å². The van der Waals surface area contributed by atoms with Gasteiger partial charge in [-0.05, 0) is 17.7 Å². The van der Waals surface area contributed by atoms with E-state index in [9.17, 15) is 4.79 Å². The van der Waals surface area contributed by atoms with E-state index in [0.29, 0.717) is 17.9 Å². The first-order chi connectivity index (χ1) is 10.1. The molecule has 1 heterocycles. The molecule has 0 bridgehead atoms. The second-order valence-electron chi connectivity index (χ2n) is 4.40. The van der Waals surface area contributed by atoms with Crippen molar-refractivity contribution in [2.75, 3.05) is 12.3 Å². The van der Waals surface area contributed by atoms with Gasteiger partial charge in [-0.25, -0.2) is 4.68 Å². The summed E-state index contributed by atoms with van der Waals surface area (Å²) in [5.74, 6) is 0.268. The van der Waals surface area contributed by atoms with Crippen molar-refractivity contribution in [3.8, 4) is 11.8 Å². The number of nitrogens with one attached hydrogen (secondary N) is 1. The Morgan fingerprint density at radius 3 is 2.76 bits per heavy atom. The third kappa shape index (κ3) is 3.48. The highest BCUT2D eigenvalue weighted by Crippen LogP contribution is 2.17. The second-order valence-corrected chi connectivity index (χ2v) is 4.40. The summed E-state index contributed by atoms with van der Waals surface area (Å²) < 4.78 is 1.52. The number of benzene rings is 1. The maximum atomic E-state index is 10.7. The lowest BCUT2D eigenvalue weighted by Gasteiger charge is -2.04. The zero-order valence-electron chi connectivity index (χ0n) is 11.6. The Kier molecular flexibility index (Phi) is 4.36. The van der Waals surface area contributed by atoms with Crippen LogP contribution in [-0.2, 0) is 4.79 Å². The predicted molar refractivity (Wildman–Crippen MR) is 80.4 cm³/mol. The molecule has 21 heavy (non-hydrogen) atoms. The molecule has 106 valence electrons. The molecule has 1 amide bonds. The van der Waals surface area contributed by atoms with E-state index in [-0.39, 0.29) is 5.91 Å². The van der Waals surface area contributed by atoms with Gasteiger partial charge in [-0.2, -0.15) is 10.4 Å². The van der Waals surface area contributed by atoms with Gasteiger partial charge in [0.1, 0.15) is 17.5 Å². The van der Waals surface area contributed by atoms with Gasteiger partial charge in [-0.15, -0.1) is 0 Å². The van der Waals surface area contributed by atoms with Crippen LogP contribution in [0, 0.1) is 11.3 Å². The topological polar surface area (TPSA) is 96.7 Å². The number of carbonyl (C=O) groups excluding carboxylic acids is 1. The quantitative estimate of drug-likeness (QED) is 0.887. The number of nitrogens with two attached hydrogens (primary N) is 1. The first kappa shape index (κ1) is 14.3. The van der Waals surface area contributed by atoms with Crippen molar-refractivity contribution in [3.63, 3.8) is 0 Å². The van der Waals surface area contributed by atoms with Gasteiger partial charge in [0.15, 0.2) is 0 Å². The maximum Gasteiger partial charge on any atom is 0.217 e. The highest BCUT2D eigenvalue weighted by atomic mass is 16.1. The number of amides is 1. The smallest absolute Gasteiger partial charge is 0.217 e. The Balaban J connectivity index is 2.10. The number of nitrogen functional groups attached to an aromatic ring is 1. The largest absolute Gasteiger partial charge is 0.382 e. The summed E-state index contributed by atoms with van der Waals surface area (Å²) in [5, 5.41) is 15.6. The molecular weight excluding hydrogens is 266 g/mol. The number of nitrogens with zero attached hydrogens (tertiary/aromatic N) is 3. The molecule has 2 aromatic rings. The van der Waals surface area contributed by atoms with Crippen LogP contribution in [0.2, 0.25) is 0 Å². The maximum absolute atomic E-state index is 10.7. The van der Waals surface area contributed by atoms with Gasteiger partial charge in [0.05, 0.1) is 11.9 Å². The van der Waals surface area contributed by atoms with Crippen LogP contribution in [0.1, 0.15) is 18.1 Å². The molecule has 0 aliphatic carbocycles. The molecule has 3 N–H and O–H groups in total. The van der Waals surface area contributed by atoms with Crippen LogP contribution in [0.15, 0.2) is 36.5 Å². The molecule has 0 aliphatic heterocycles. The van der Waals surface area contributed by atoms with Crippen molar-refractivity contribution < 1.29 is 4.79 Å². The zero-order chi connectivity index (χ0) is 15.2. The molecule has 6 nitrogen and oxygen atoms in total. The lowest BCUT2D eigenvalue weighted by Crippen LogP contribution is -2.19. The average Bonchev–Trinajstić information content (AvgIpc) is 2.85. The highest BCUT2D eigenvalue weighted by Gasteiger charge is 2.07. The number of hydrogen-bond donors (Lipinski definition) is 2. The van der Waals surface area contributed by atoms with E-state index in [1.165, 1.54) is 17.8 Å². The van der Waals surface area contributed by atoms with Crippen molar-refractivity contribution >= 4 is 17.8 Å². The van der Waals surface area contributed by atoms with Gasteiger partial charge in [0.2, 0.25) is 5.91 Å². The molecule has 0 unspecified atom stereocenters. The predicted octanol–water partition coefficient (Wildman–Crippen LogP) is 1.48. The first-order valence-corrected chi connectivity index (χ1v) is 6.37. The lowest BCUT2D eigenvalue weighted by atomic mass is 10.2. The Hall–Kier alpha value is -3.07. The molecule has 0 aliphatic rings. The Labute approximate surface area is 122 Å². The van der Waals surface area contributed by atoms with Crippen LogP contribution in [0.5, 0.6) is 0 Å². The van der Waals surface area contributed by atoms with Gasteiger partial charge in [-0.1, -0.05) is 24.3 Å². The zero-order valence-corrected chi connectivity index (χ0v) is 11.6. The minimum Gasteiger partial charge on any atom is -0.382 e. The Bertz CT molecular complexity index is 707. The number of rotatable bonds is 4. The Morgan fingerprint density at radius 2 is 2.19 bits per heavy atom. The summed E-state index contributed by atoms with van der Waals surface area (Å²) in [6, 6.07) is 9.53. The number of carbonyl (C=O) groups is 1. The highest BCUT2D eigenvalue weighted by molar-refractivity contribution is 5.73. The fourth-order valence-corrected chi connectivity index (χ4v) is 1.77. The van der Waals surface area contributed by atoms with Crippen molar-refractivity contribution in [3.05, 3.63) is 47.7 Å². The molecule has 2 rings (SSSR count). The molecule has 6 heteroatoms. The van der Waals surface area contributed by atoms with E-state index in [4.69, 9.17) is 11.0 Å². The van der Waals surface area contributed by atoms with E-state index in [0.717, 1.165) is 11.3 Å². The van der Waals surface area contributed by atoms with E-state index < -0.39 is 0 Å². The van der Waals surface area contributed by atoms with Crippen molar-refractivity contribution in [2.45, 2.75) is 6.92 Å². The SMILES string of the molecule is CC(=O)NCC=Cc1ccc(-n2ncc(C#N)c2N)cc1. The number of nitriles is 1. The van der Waals surface area contributed by atoms with Crippen LogP contribution in [0.4, 0.5) is 5.82 Å². The van der Waals surface area contributed by atoms with Crippen LogP contribution >= 0.6 is 0 Å². The standard InChI is InChI=1S/C15H15N5O/c1-11(21)18-8-2-3-12-4-6-14(7-5-12)20-15(17)13(9-16)10-19-20/h2-7,10H,8,17H2,1H3,(H,18,21). The summed E-state index contributed by atoms with van der Waals surface area (Å²) >= 11 is 0. The molecule has 0 radical (unpaired) electrons. The third-order valence-corrected chi connectivity index (χ3v) is 2.84. The minimum atomic E-state index is -0.0579. The van der Waals surface area contributed by atoms with E-state index >= 15 is 0 Å². The number of hydrogen-bond acceptors (Lipinski definition) is 4. The van der Waals surface area contributed by atoms with Gasteiger partial charge in [0, 0.05) is 13.5 Å². The van der Waals surface area contributed by atoms with Crippen molar-refractivity contribution in [2.24, 2.45) is 0 Å². The van der Waals surface area contributed by atoms with Crippen LogP contribution < -0.4 is 11.1 Å². The monoisotopic (exact) mass is 281 g/mol. The Morgan fingerprint density at radius 1 is 1.48 bits per heavy atom. The normalized spacial score (nSPS) is 10.5. The summed E-state index contributed by atoms with van der Waals surface area (Å²) in [5.41, 5.74) is 7.97. The van der Waals surface area contributed by atoms with Crippen molar-refractivity contribution in [1.29, 1.82) is 5.26 Å². The average molecular weight is 281 g/mol. The van der Waals surface area contributed by atoms with E-state index in [2.05, 4.69) is 10.4 Å². The molecule has 0 saturated carbocycles. The van der Waals surface area contributed by atoms with Gasteiger partial charge < -0.3 is 11.1 Å². The van der Waals surface area contributed by atoms with Crippen LogP contribution in [-0.4, -0.2) is 22.2 Å². The lowest BCUT2D eigenvalue weighted by molar-refractivity contribution is -0.118. The molecule has 0 saturated heterocycles. The first-order valence-electron chi connectivity index (χ1n) is 6.37. The molecule has 1 aromatic heterocycles. The van der Waals surface area contributed by atoms with Gasteiger partial charge in [0.25, 0.3) is 0 Å². The van der Waals surface area contributed by atoms with Crippen molar-refractivity contribution in [1.82, 2.24) is 15.1 Å². The van der Waals surface area contributed by atoms with E-state index in [1.807, 2.05) is 42.5 Å². The molecule has 0 fully saturated rings. The fraction of sp³-hybridized carbons (Fsp3) is 0.133. The fourth-order valence-electron chi connectivity index (χ4n) is 1.77. The molecule has 1 aromatic carbocycles. The molecule has 0 atom stereocenters. The second kappa shape index (κ2) is 6.39. The summed E-state index contributed by atoms with van der Waals surface area (Å²) in [6.45, 7) is 1.97. The minimum absolute atomic E-state index is 0.0579. The summed E-state index contributed by atoms with van der Waals surface area (Å²) in [7, 11) is 0. The molecule has 0 spiro atoms. The van der Waals surface area contributed by atoms with Crippen LogP contribution in [0.25, 0.3) is 11.8 Å². The summed E-state index contributed by atoms with van der Waals surface area (Å²) in [6.07, 6.45) is 5.22. The van der Waals surface area contributed by atoms with Gasteiger partial charge in [-0.3, -0.25) is 4.79 Å². The summed E-state index contributed by atoms with van der Waals surface area (Å²) in [4.78, 5) is 10.7. The van der Waals surface area contributed by atoms with Gasteiger partial charge >= 0.3 is 0 Å². The van der Waals surface area contributed by atoms with Crippen LogP contribution in [0.3, 0.4) is 0 Å². The third-order valence-electron chi connectivity index (χ3n) is 2.84. The molecular formula is C15H15N5O. The number of anilines is 1.